The SMILES string of the molecule is COc1cc2c(-c3cc4cccnc4n3S(=O)(=O)c3ccc(C)cc3)cn(C)c2cc1OCCI. The number of benzene rings is 2. The van der Waals surface area contributed by atoms with Crippen LogP contribution in [-0.4, -0.2) is 40.1 Å². The van der Waals surface area contributed by atoms with Crippen LogP contribution in [0.3, 0.4) is 0 Å². The Kier molecular flexibility index (Phi) is 6.22. The third-order valence-electron chi connectivity index (χ3n) is 5.96. The Morgan fingerprint density at radius 3 is 2.54 bits per heavy atom. The van der Waals surface area contributed by atoms with Gasteiger partial charge in [0.1, 0.15) is 0 Å². The van der Waals surface area contributed by atoms with Gasteiger partial charge < -0.3 is 14.0 Å². The van der Waals surface area contributed by atoms with Crippen molar-refractivity contribution in [1.29, 1.82) is 0 Å². The Morgan fingerprint density at radius 2 is 1.83 bits per heavy atom. The number of nitrogens with zero attached hydrogens (tertiary/aromatic N) is 3. The van der Waals surface area contributed by atoms with Gasteiger partial charge in [-0.15, -0.1) is 0 Å². The van der Waals surface area contributed by atoms with Crippen LogP contribution in [0.2, 0.25) is 0 Å². The fraction of sp³-hybridized carbons (Fsp3) is 0.192. The fourth-order valence-corrected chi connectivity index (χ4v) is 5.97. The van der Waals surface area contributed by atoms with Crippen molar-refractivity contribution in [2.24, 2.45) is 7.05 Å². The first-order valence-electron chi connectivity index (χ1n) is 11.0. The van der Waals surface area contributed by atoms with Gasteiger partial charge in [0, 0.05) is 46.3 Å². The molecule has 0 unspecified atom stereocenters. The lowest BCUT2D eigenvalue weighted by atomic mass is 10.1. The first-order valence-corrected chi connectivity index (χ1v) is 14.0. The lowest BCUT2D eigenvalue weighted by Crippen LogP contribution is -2.14. The minimum absolute atomic E-state index is 0.208. The van der Waals surface area contributed by atoms with E-state index in [2.05, 4.69) is 27.6 Å². The van der Waals surface area contributed by atoms with E-state index in [1.54, 1.807) is 43.6 Å². The van der Waals surface area contributed by atoms with E-state index in [9.17, 15) is 8.42 Å². The minimum atomic E-state index is -3.92. The van der Waals surface area contributed by atoms with Gasteiger partial charge in [-0.2, -0.15) is 0 Å². The number of aromatic nitrogens is 3. The maximum atomic E-state index is 13.9. The van der Waals surface area contributed by atoms with Crippen LogP contribution in [-0.2, 0) is 17.1 Å². The van der Waals surface area contributed by atoms with E-state index in [-0.39, 0.29) is 4.90 Å². The van der Waals surface area contributed by atoms with Crippen LogP contribution in [0.25, 0.3) is 33.2 Å². The Labute approximate surface area is 217 Å². The molecule has 3 heterocycles. The molecule has 9 heteroatoms. The lowest BCUT2D eigenvalue weighted by molar-refractivity contribution is 0.316. The summed E-state index contributed by atoms with van der Waals surface area (Å²) in [5.74, 6) is 1.25. The van der Waals surface area contributed by atoms with Gasteiger partial charge in [0.15, 0.2) is 17.1 Å². The first-order chi connectivity index (χ1) is 16.8. The quantitative estimate of drug-likeness (QED) is 0.180. The van der Waals surface area contributed by atoms with E-state index >= 15 is 0 Å². The summed E-state index contributed by atoms with van der Waals surface area (Å²) >= 11 is 2.26. The third kappa shape index (κ3) is 4.06. The van der Waals surface area contributed by atoms with Crippen LogP contribution in [0, 0.1) is 6.92 Å². The van der Waals surface area contributed by atoms with Crippen LogP contribution < -0.4 is 9.47 Å². The molecule has 0 saturated heterocycles. The summed E-state index contributed by atoms with van der Waals surface area (Å²) < 4.78 is 43.5. The molecule has 35 heavy (non-hydrogen) atoms. The number of ether oxygens (including phenoxy) is 2. The highest BCUT2D eigenvalue weighted by atomic mass is 127. The summed E-state index contributed by atoms with van der Waals surface area (Å²) in [6, 6.07) is 16.2. The van der Waals surface area contributed by atoms with E-state index in [0.717, 1.165) is 31.8 Å². The van der Waals surface area contributed by atoms with Crippen LogP contribution in [0.4, 0.5) is 0 Å². The summed E-state index contributed by atoms with van der Waals surface area (Å²) in [7, 11) is -0.394. The molecule has 7 nitrogen and oxygen atoms in total. The second-order valence-electron chi connectivity index (χ2n) is 8.24. The molecule has 0 spiro atoms. The molecule has 2 aromatic carbocycles. The zero-order valence-electron chi connectivity index (χ0n) is 19.5. The number of aryl methyl sites for hydroxylation is 2. The van der Waals surface area contributed by atoms with Gasteiger partial charge in [-0.25, -0.2) is 17.4 Å². The van der Waals surface area contributed by atoms with Crippen molar-refractivity contribution >= 4 is 54.6 Å². The molecule has 0 saturated carbocycles. The van der Waals surface area contributed by atoms with E-state index in [1.165, 1.54) is 3.97 Å². The zero-order valence-corrected chi connectivity index (χ0v) is 22.5. The Morgan fingerprint density at radius 1 is 1.06 bits per heavy atom. The van der Waals surface area contributed by atoms with Crippen LogP contribution >= 0.6 is 22.6 Å². The smallest absolute Gasteiger partial charge is 0.269 e. The van der Waals surface area contributed by atoms with Crippen molar-refractivity contribution in [3.05, 3.63) is 72.6 Å². The summed E-state index contributed by atoms with van der Waals surface area (Å²) in [6.07, 6.45) is 3.54. The molecule has 0 radical (unpaired) electrons. The van der Waals surface area contributed by atoms with Crippen LogP contribution in [0.1, 0.15) is 5.56 Å². The van der Waals surface area contributed by atoms with Gasteiger partial charge >= 0.3 is 0 Å². The molecule has 5 aromatic rings. The Hall–Kier alpha value is -3.05. The molecule has 180 valence electrons. The number of hydrogen-bond acceptors (Lipinski definition) is 5. The minimum Gasteiger partial charge on any atom is -0.493 e. The highest BCUT2D eigenvalue weighted by Gasteiger charge is 2.27. The molecule has 0 fully saturated rings. The zero-order chi connectivity index (χ0) is 24.7. The molecule has 0 aliphatic heterocycles. The van der Waals surface area contributed by atoms with Gasteiger partial charge in [0.2, 0.25) is 0 Å². The first kappa shape index (κ1) is 23.7. The van der Waals surface area contributed by atoms with Gasteiger partial charge in [-0.3, -0.25) is 0 Å². The monoisotopic (exact) mass is 601 g/mol. The van der Waals surface area contributed by atoms with Crippen molar-refractivity contribution < 1.29 is 17.9 Å². The molecule has 0 aliphatic rings. The fourth-order valence-electron chi connectivity index (χ4n) is 4.27. The topological polar surface area (TPSA) is 75.4 Å². The summed E-state index contributed by atoms with van der Waals surface area (Å²) in [6.45, 7) is 2.49. The third-order valence-corrected chi connectivity index (χ3v) is 8.12. The average molecular weight is 601 g/mol. The average Bonchev–Trinajstić information content (AvgIpc) is 3.40. The number of methoxy groups -OCH3 is 1. The summed E-state index contributed by atoms with van der Waals surface area (Å²) in [4.78, 5) is 4.64. The molecule has 0 amide bonds. The van der Waals surface area contributed by atoms with Crippen LogP contribution in [0.5, 0.6) is 11.5 Å². The molecular weight excluding hydrogens is 577 g/mol. The van der Waals surface area contributed by atoms with Crippen molar-refractivity contribution in [3.8, 4) is 22.8 Å². The molecule has 0 bridgehead atoms. The van der Waals surface area contributed by atoms with E-state index in [0.29, 0.717) is 29.4 Å². The van der Waals surface area contributed by atoms with Crippen molar-refractivity contribution in [3.63, 3.8) is 0 Å². The number of halogens is 1. The molecule has 3 aromatic heterocycles. The van der Waals surface area contributed by atoms with Crippen molar-refractivity contribution in [1.82, 2.24) is 13.5 Å². The maximum Gasteiger partial charge on any atom is 0.269 e. The second-order valence-corrected chi connectivity index (χ2v) is 11.1. The highest BCUT2D eigenvalue weighted by Crippen LogP contribution is 2.40. The second kappa shape index (κ2) is 9.19. The predicted molar refractivity (Wildman–Crippen MR) is 146 cm³/mol. The molecule has 0 atom stereocenters. The summed E-state index contributed by atoms with van der Waals surface area (Å²) in [5, 5.41) is 1.60. The van der Waals surface area contributed by atoms with Crippen molar-refractivity contribution in [2.45, 2.75) is 11.8 Å². The number of rotatable bonds is 7. The largest absolute Gasteiger partial charge is 0.493 e. The van der Waals surface area contributed by atoms with E-state index in [4.69, 9.17) is 9.47 Å². The number of fused-ring (bicyclic) bond motifs is 2. The van der Waals surface area contributed by atoms with E-state index < -0.39 is 10.0 Å². The van der Waals surface area contributed by atoms with Crippen molar-refractivity contribution in [2.75, 3.05) is 18.1 Å². The van der Waals surface area contributed by atoms with Gasteiger partial charge in [-0.05, 0) is 43.3 Å². The number of hydrogen-bond donors (Lipinski definition) is 0. The lowest BCUT2D eigenvalue weighted by Gasteiger charge is -2.13. The normalized spacial score (nSPS) is 11.9. The predicted octanol–water partition coefficient (Wildman–Crippen LogP) is 5.56. The number of pyridine rings is 1. The molecule has 0 N–H and O–H groups in total. The van der Waals surface area contributed by atoms with Gasteiger partial charge in [-0.1, -0.05) is 40.3 Å². The molecular formula is C26H24IN3O4S. The highest BCUT2D eigenvalue weighted by molar-refractivity contribution is 14.1. The summed E-state index contributed by atoms with van der Waals surface area (Å²) in [5.41, 5.74) is 3.57. The Balaban J connectivity index is 1.80. The molecule has 5 rings (SSSR count). The van der Waals surface area contributed by atoms with Crippen LogP contribution in [0.15, 0.2) is 71.9 Å². The van der Waals surface area contributed by atoms with E-state index in [1.807, 2.05) is 49.0 Å². The van der Waals surface area contributed by atoms with Gasteiger partial charge in [0.25, 0.3) is 10.0 Å². The maximum absolute atomic E-state index is 13.9. The van der Waals surface area contributed by atoms with Gasteiger partial charge in [0.05, 0.1) is 29.8 Å². The Bertz CT molecular complexity index is 1650. The standard InChI is InChI=1S/C26H24IN3O4S/c1-17-6-8-19(9-7-17)35(31,32)30-23(13-18-5-4-11-28-26(18)30)21-16-29(2)22-15-25(34-12-10-27)24(33-3)14-20(21)22/h4-9,11,13-16H,10,12H2,1-3H3. The number of alkyl halides is 1. The molecule has 0 aliphatic carbocycles.